The molecule has 4 heterocycles. The summed E-state index contributed by atoms with van der Waals surface area (Å²) in [6.07, 6.45) is 2.92. The molecule has 6 nitrogen and oxygen atoms in total. The lowest BCUT2D eigenvalue weighted by atomic mass is 9.83. The molecule has 2 aliphatic heterocycles. The highest BCUT2D eigenvalue weighted by molar-refractivity contribution is 5.88. The van der Waals surface area contributed by atoms with Gasteiger partial charge in [0, 0.05) is 47.2 Å². The van der Waals surface area contributed by atoms with Crippen LogP contribution in [-0.4, -0.2) is 47.5 Å². The van der Waals surface area contributed by atoms with Crippen LogP contribution in [0.15, 0.2) is 60.9 Å². The van der Waals surface area contributed by atoms with Crippen molar-refractivity contribution in [1.82, 2.24) is 9.97 Å². The maximum Gasteiger partial charge on any atom is 0.190 e. The number of ether oxygens (including phenoxy) is 4. The predicted octanol–water partition coefficient (Wildman–Crippen LogP) is 4.67. The minimum atomic E-state index is -0.686. The first-order valence-corrected chi connectivity index (χ1v) is 10.7. The third-order valence-electron chi connectivity index (χ3n) is 6.54. The van der Waals surface area contributed by atoms with Crippen LogP contribution in [0.5, 0.6) is 0 Å². The summed E-state index contributed by atoms with van der Waals surface area (Å²) in [5.74, 6) is -0.758. The Bertz CT molecular complexity index is 1170. The number of para-hydroxylation sites is 2. The highest BCUT2D eigenvalue weighted by Crippen LogP contribution is 2.47. The normalized spacial score (nSPS) is 27.5. The van der Waals surface area contributed by atoms with Crippen molar-refractivity contribution in [2.75, 3.05) is 7.11 Å². The van der Waals surface area contributed by atoms with Crippen molar-refractivity contribution in [3.63, 3.8) is 0 Å². The van der Waals surface area contributed by atoms with E-state index in [-0.39, 0.29) is 24.2 Å². The van der Waals surface area contributed by atoms with Crippen LogP contribution in [0.4, 0.5) is 0 Å². The summed E-state index contributed by atoms with van der Waals surface area (Å²) in [5.41, 5.74) is 4.55. The first-order chi connectivity index (χ1) is 15.1. The monoisotopic (exact) mass is 418 g/mol. The molecule has 2 aromatic heterocycles. The molecule has 0 spiro atoms. The van der Waals surface area contributed by atoms with Gasteiger partial charge in [0.05, 0.1) is 0 Å². The topological polar surface area (TPSA) is 68.5 Å². The molecule has 6 heteroatoms. The summed E-state index contributed by atoms with van der Waals surface area (Å²) in [6, 6.07) is 16.7. The Morgan fingerprint density at radius 3 is 2.03 bits per heavy atom. The second kappa shape index (κ2) is 6.93. The van der Waals surface area contributed by atoms with Crippen LogP contribution in [0.3, 0.4) is 0 Å². The average molecular weight is 418 g/mol. The number of fused-ring (bicyclic) bond motifs is 3. The molecular formula is C25H26N2O4. The van der Waals surface area contributed by atoms with Crippen molar-refractivity contribution in [2.24, 2.45) is 0 Å². The van der Waals surface area contributed by atoms with E-state index in [1.807, 2.05) is 26.0 Å². The molecule has 31 heavy (non-hydrogen) atoms. The molecule has 4 atom stereocenters. The first-order valence-electron chi connectivity index (χ1n) is 10.7. The third-order valence-corrected chi connectivity index (χ3v) is 6.54. The van der Waals surface area contributed by atoms with E-state index in [2.05, 4.69) is 58.8 Å². The van der Waals surface area contributed by atoms with Gasteiger partial charge in [-0.2, -0.15) is 0 Å². The number of H-pyrrole nitrogens is 2. The van der Waals surface area contributed by atoms with Gasteiger partial charge in [-0.1, -0.05) is 36.4 Å². The Morgan fingerprint density at radius 1 is 0.871 bits per heavy atom. The van der Waals surface area contributed by atoms with E-state index >= 15 is 0 Å². The zero-order valence-electron chi connectivity index (χ0n) is 17.8. The molecule has 0 aliphatic carbocycles. The molecule has 0 saturated carbocycles. The zero-order valence-corrected chi connectivity index (χ0v) is 17.8. The lowest BCUT2D eigenvalue weighted by Gasteiger charge is -2.30. The van der Waals surface area contributed by atoms with Crippen LogP contribution < -0.4 is 0 Å². The van der Waals surface area contributed by atoms with E-state index in [0.29, 0.717) is 0 Å². The fraction of sp³-hybridized carbons (Fsp3) is 0.360. The second-order valence-electron chi connectivity index (χ2n) is 8.83. The lowest BCUT2D eigenvalue weighted by molar-refractivity contribution is -0.217. The minimum Gasteiger partial charge on any atom is -0.376 e. The van der Waals surface area contributed by atoms with Crippen molar-refractivity contribution in [2.45, 2.75) is 50.2 Å². The van der Waals surface area contributed by atoms with Crippen molar-refractivity contribution < 1.29 is 18.9 Å². The second-order valence-corrected chi connectivity index (χ2v) is 8.83. The Hall–Kier alpha value is -2.64. The molecular weight excluding hydrogens is 392 g/mol. The van der Waals surface area contributed by atoms with Crippen molar-refractivity contribution in [1.29, 1.82) is 0 Å². The number of aromatic amines is 2. The number of nitrogens with one attached hydrogen (secondary N) is 2. The molecule has 2 aliphatic rings. The number of methoxy groups -OCH3 is 1. The van der Waals surface area contributed by atoms with E-state index in [9.17, 15) is 0 Å². The van der Waals surface area contributed by atoms with Gasteiger partial charge >= 0.3 is 0 Å². The van der Waals surface area contributed by atoms with E-state index < -0.39 is 12.1 Å². The smallest absolute Gasteiger partial charge is 0.190 e. The summed E-state index contributed by atoms with van der Waals surface area (Å²) in [5, 5.41) is 2.35. The zero-order chi connectivity index (χ0) is 21.2. The lowest BCUT2D eigenvalue weighted by Crippen LogP contribution is -2.39. The van der Waals surface area contributed by atoms with E-state index in [0.717, 1.165) is 11.0 Å². The van der Waals surface area contributed by atoms with Crippen LogP contribution in [-0.2, 0) is 18.9 Å². The Morgan fingerprint density at radius 2 is 1.45 bits per heavy atom. The van der Waals surface area contributed by atoms with Gasteiger partial charge in [-0.25, -0.2) is 0 Å². The van der Waals surface area contributed by atoms with Gasteiger partial charge in [0.2, 0.25) is 0 Å². The van der Waals surface area contributed by atoms with Crippen molar-refractivity contribution in [3.05, 3.63) is 72.1 Å². The third kappa shape index (κ3) is 2.94. The van der Waals surface area contributed by atoms with Gasteiger partial charge in [0.1, 0.15) is 18.3 Å². The van der Waals surface area contributed by atoms with Gasteiger partial charge in [-0.3, -0.25) is 0 Å². The van der Waals surface area contributed by atoms with Crippen LogP contribution >= 0.6 is 0 Å². The first kappa shape index (κ1) is 19.1. The summed E-state index contributed by atoms with van der Waals surface area (Å²) in [4.78, 5) is 6.86. The number of aromatic nitrogens is 2. The van der Waals surface area contributed by atoms with Gasteiger partial charge in [-0.05, 0) is 37.1 Å². The SMILES string of the molecule is CO[C@@H]1[C@H]2OC(C)(C)O[C@H]2O[C@H]1C(c1c[nH]c2ccccc12)c1c[nH]c2ccccc12. The van der Waals surface area contributed by atoms with Crippen LogP contribution in [0.1, 0.15) is 30.9 Å². The van der Waals surface area contributed by atoms with E-state index in [1.54, 1.807) is 7.11 Å². The standard InChI is InChI=1S/C25H26N2O4/c1-25(2)30-23-22(28-3)21(29-24(23)31-25)20(16-12-26-18-10-6-4-8-14(16)18)17-13-27-19-11-7-5-9-15(17)19/h4-13,20-24,26-27H,1-3H3/t21-,22-,23+,24+/m0/s1. The maximum atomic E-state index is 6.53. The minimum absolute atomic E-state index is 0.0711. The molecule has 0 radical (unpaired) electrons. The maximum absolute atomic E-state index is 6.53. The summed E-state index contributed by atoms with van der Waals surface area (Å²) >= 11 is 0. The molecule has 6 rings (SSSR count). The Balaban J connectivity index is 1.52. The Kier molecular flexibility index (Phi) is 4.27. The largest absolute Gasteiger partial charge is 0.376 e. The molecule has 2 aromatic carbocycles. The van der Waals surface area contributed by atoms with E-state index in [1.165, 1.54) is 21.9 Å². The molecule has 2 N–H and O–H groups in total. The number of benzene rings is 2. The molecule has 160 valence electrons. The summed E-state index contributed by atoms with van der Waals surface area (Å²) < 4.78 is 24.7. The molecule has 2 saturated heterocycles. The summed E-state index contributed by atoms with van der Waals surface area (Å²) in [7, 11) is 1.72. The molecule has 0 amide bonds. The molecule has 2 fully saturated rings. The summed E-state index contributed by atoms with van der Waals surface area (Å²) in [6.45, 7) is 3.82. The van der Waals surface area contributed by atoms with Gasteiger partial charge < -0.3 is 28.9 Å². The molecule has 0 unspecified atom stereocenters. The fourth-order valence-corrected chi connectivity index (χ4v) is 5.26. The quantitative estimate of drug-likeness (QED) is 0.505. The average Bonchev–Trinajstić information content (AvgIpc) is 3.50. The highest BCUT2D eigenvalue weighted by Gasteiger charge is 2.57. The van der Waals surface area contributed by atoms with Crippen LogP contribution in [0.2, 0.25) is 0 Å². The van der Waals surface area contributed by atoms with Gasteiger partial charge in [0.15, 0.2) is 12.1 Å². The molecule has 4 aromatic rings. The Labute approximate surface area is 180 Å². The van der Waals surface area contributed by atoms with E-state index in [4.69, 9.17) is 18.9 Å². The van der Waals surface area contributed by atoms with Gasteiger partial charge in [0.25, 0.3) is 0 Å². The highest BCUT2D eigenvalue weighted by atomic mass is 16.8. The number of rotatable bonds is 4. The van der Waals surface area contributed by atoms with Crippen LogP contribution in [0, 0.1) is 0 Å². The van der Waals surface area contributed by atoms with Crippen molar-refractivity contribution in [3.8, 4) is 0 Å². The molecule has 0 bridgehead atoms. The number of hydrogen-bond donors (Lipinski definition) is 2. The van der Waals surface area contributed by atoms with Crippen molar-refractivity contribution >= 4 is 21.8 Å². The fourth-order valence-electron chi connectivity index (χ4n) is 5.26. The predicted molar refractivity (Wildman–Crippen MR) is 118 cm³/mol. The number of hydrogen-bond acceptors (Lipinski definition) is 4. The van der Waals surface area contributed by atoms with Gasteiger partial charge in [-0.15, -0.1) is 0 Å². The van der Waals surface area contributed by atoms with Crippen LogP contribution in [0.25, 0.3) is 21.8 Å².